The van der Waals surface area contributed by atoms with Crippen LogP contribution >= 0.6 is 0 Å². The largest absolute Gasteiger partial charge is 0.493 e. The first-order valence-corrected chi connectivity index (χ1v) is 11.5. The molecule has 1 aliphatic heterocycles. The fourth-order valence-corrected chi connectivity index (χ4v) is 4.19. The maximum Gasteiger partial charge on any atom is 0.196 e. The summed E-state index contributed by atoms with van der Waals surface area (Å²) in [6.45, 7) is 7.90. The molecule has 0 aliphatic carbocycles. The van der Waals surface area contributed by atoms with Crippen molar-refractivity contribution < 1.29 is 18.7 Å². The average Bonchev–Trinajstić information content (AvgIpc) is 3.26. The number of nitrogens with zero attached hydrogens (tertiary/aromatic N) is 3. The van der Waals surface area contributed by atoms with Crippen molar-refractivity contribution >= 4 is 17.3 Å². The van der Waals surface area contributed by atoms with Gasteiger partial charge in [0.1, 0.15) is 12.4 Å². The van der Waals surface area contributed by atoms with Crippen molar-refractivity contribution in [3.05, 3.63) is 89.7 Å². The Morgan fingerprint density at radius 3 is 2.29 bits per heavy atom. The number of hydrogen-bond acceptors (Lipinski definition) is 6. The molecule has 35 heavy (non-hydrogen) atoms. The topological polar surface area (TPSA) is 54.4 Å². The second-order valence-electron chi connectivity index (χ2n) is 9.37. The number of anilines is 1. The van der Waals surface area contributed by atoms with Gasteiger partial charge < -0.3 is 14.4 Å². The third kappa shape index (κ3) is 4.99. The van der Waals surface area contributed by atoms with Gasteiger partial charge in [-0.25, -0.2) is 9.40 Å². The molecule has 1 unspecified atom stereocenters. The van der Waals surface area contributed by atoms with Crippen LogP contribution in [0.1, 0.15) is 45.0 Å². The number of Topliss-reactive ketones (excluding diaryl/α,β-unsaturated/α-hetero) is 1. The summed E-state index contributed by atoms with van der Waals surface area (Å²) >= 11 is 0. The highest BCUT2D eigenvalue weighted by atomic mass is 19.1. The van der Waals surface area contributed by atoms with E-state index in [0.717, 1.165) is 16.8 Å². The molecule has 6 nitrogen and oxygen atoms in total. The van der Waals surface area contributed by atoms with Crippen LogP contribution in [0.25, 0.3) is 0 Å². The quantitative estimate of drug-likeness (QED) is 0.424. The molecule has 0 bridgehead atoms. The minimum atomic E-state index is -0.463. The summed E-state index contributed by atoms with van der Waals surface area (Å²) in [5, 5.41) is 6.63. The van der Waals surface area contributed by atoms with E-state index in [-0.39, 0.29) is 18.2 Å². The van der Waals surface area contributed by atoms with Gasteiger partial charge in [0.25, 0.3) is 0 Å². The summed E-state index contributed by atoms with van der Waals surface area (Å²) in [4.78, 5) is 14.7. The molecule has 1 aliphatic rings. The molecule has 182 valence electrons. The first-order valence-electron chi connectivity index (χ1n) is 11.5. The molecule has 0 amide bonds. The zero-order valence-electron chi connectivity index (χ0n) is 20.7. The predicted octanol–water partition coefficient (Wildman–Crippen LogP) is 5.94. The highest BCUT2D eigenvalue weighted by Gasteiger charge is 2.45. The third-order valence-corrected chi connectivity index (χ3v) is 5.77. The molecular formula is C28H30FN3O3. The normalized spacial score (nSPS) is 15.7. The number of rotatable bonds is 7. The van der Waals surface area contributed by atoms with Crippen molar-refractivity contribution in [2.45, 2.75) is 46.0 Å². The molecule has 0 radical (unpaired) electrons. The molecule has 1 heterocycles. The standard InChI is InChI=1S/C28H30FN3O3/c1-19(33)26-30-32(22-10-7-6-8-11-22)27(31(26)28(2,3)4)23-12-9-13-24(34-5)25(23)35-18-20-14-16-21(29)17-15-20/h6-17,27H,18H2,1-5H3. The highest BCUT2D eigenvalue weighted by Crippen LogP contribution is 2.45. The Hall–Kier alpha value is -3.87. The SMILES string of the molecule is COc1cccc(C2N(c3ccccc3)N=C(C(C)=O)N2C(C)(C)C)c1OCc1ccc(F)cc1. The Balaban J connectivity index is 1.84. The van der Waals surface area contributed by atoms with Crippen LogP contribution in [0.2, 0.25) is 0 Å². The van der Waals surface area contributed by atoms with Crippen molar-refractivity contribution in [3.63, 3.8) is 0 Å². The number of carbonyl (C=O) groups excluding carboxylic acids is 1. The van der Waals surface area contributed by atoms with Crippen LogP contribution in [-0.2, 0) is 11.4 Å². The van der Waals surface area contributed by atoms with Crippen molar-refractivity contribution in [2.75, 3.05) is 12.1 Å². The molecule has 3 aromatic rings. The van der Waals surface area contributed by atoms with Gasteiger partial charge in [0, 0.05) is 18.0 Å². The summed E-state index contributed by atoms with van der Waals surface area (Å²) in [6.07, 6.45) is -0.463. The molecule has 1 atom stereocenters. The lowest BCUT2D eigenvalue weighted by Gasteiger charge is -2.41. The summed E-state index contributed by atoms with van der Waals surface area (Å²) in [5.74, 6) is 1.05. The number of carbonyl (C=O) groups is 1. The third-order valence-electron chi connectivity index (χ3n) is 5.77. The first-order chi connectivity index (χ1) is 16.7. The van der Waals surface area contributed by atoms with Crippen LogP contribution < -0.4 is 14.5 Å². The minimum absolute atomic E-state index is 0.125. The molecule has 3 aromatic carbocycles. The van der Waals surface area contributed by atoms with Crippen molar-refractivity contribution in [2.24, 2.45) is 5.10 Å². The van der Waals surface area contributed by atoms with Gasteiger partial charge in [0.15, 0.2) is 29.3 Å². The number of para-hydroxylation sites is 2. The lowest BCUT2D eigenvalue weighted by Crippen LogP contribution is -2.49. The van der Waals surface area contributed by atoms with E-state index in [4.69, 9.17) is 14.6 Å². The van der Waals surface area contributed by atoms with Crippen LogP contribution in [0.4, 0.5) is 10.1 Å². The maximum absolute atomic E-state index is 13.4. The Morgan fingerprint density at radius 1 is 1.00 bits per heavy atom. The summed E-state index contributed by atoms with van der Waals surface area (Å²) in [6, 6.07) is 21.6. The van der Waals surface area contributed by atoms with Gasteiger partial charge in [0.05, 0.1) is 12.8 Å². The first kappa shape index (κ1) is 24.3. The van der Waals surface area contributed by atoms with E-state index in [1.807, 2.05) is 79.2 Å². The van der Waals surface area contributed by atoms with Crippen molar-refractivity contribution in [3.8, 4) is 11.5 Å². The Kier molecular flexibility index (Phi) is 6.78. The van der Waals surface area contributed by atoms with Gasteiger partial charge in [-0.3, -0.25) is 4.79 Å². The van der Waals surface area contributed by atoms with E-state index in [9.17, 15) is 9.18 Å². The molecule has 0 saturated carbocycles. The number of halogens is 1. The lowest BCUT2D eigenvalue weighted by atomic mass is 10.00. The lowest BCUT2D eigenvalue weighted by molar-refractivity contribution is -0.112. The highest BCUT2D eigenvalue weighted by molar-refractivity contribution is 6.38. The number of benzene rings is 3. The zero-order chi connectivity index (χ0) is 25.2. The fraction of sp³-hybridized carbons (Fsp3) is 0.286. The zero-order valence-corrected chi connectivity index (χ0v) is 20.7. The smallest absolute Gasteiger partial charge is 0.196 e. The second-order valence-corrected chi connectivity index (χ2v) is 9.37. The van der Waals surface area contributed by atoms with Crippen molar-refractivity contribution in [1.82, 2.24) is 4.90 Å². The number of amidine groups is 1. The number of hydrazone groups is 1. The molecule has 0 spiro atoms. The van der Waals surface area contributed by atoms with E-state index in [2.05, 4.69) is 0 Å². The van der Waals surface area contributed by atoms with Crippen LogP contribution in [0.15, 0.2) is 77.9 Å². The van der Waals surface area contributed by atoms with E-state index in [1.54, 1.807) is 19.2 Å². The maximum atomic E-state index is 13.4. The molecule has 0 aromatic heterocycles. The number of hydrogen-bond donors (Lipinski definition) is 0. The van der Waals surface area contributed by atoms with Crippen LogP contribution in [0.3, 0.4) is 0 Å². The fourth-order valence-electron chi connectivity index (χ4n) is 4.19. The summed E-state index contributed by atoms with van der Waals surface area (Å²) in [7, 11) is 1.59. The van der Waals surface area contributed by atoms with E-state index >= 15 is 0 Å². The molecule has 0 N–H and O–H groups in total. The minimum Gasteiger partial charge on any atom is -0.493 e. The van der Waals surface area contributed by atoms with Gasteiger partial charge in [-0.1, -0.05) is 42.5 Å². The molecule has 0 saturated heterocycles. The molecule has 7 heteroatoms. The van der Waals surface area contributed by atoms with Crippen LogP contribution in [0.5, 0.6) is 11.5 Å². The molecular weight excluding hydrogens is 445 g/mol. The van der Waals surface area contributed by atoms with Crippen molar-refractivity contribution in [1.29, 1.82) is 0 Å². The van der Waals surface area contributed by atoms with Gasteiger partial charge in [-0.15, -0.1) is 5.10 Å². The van der Waals surface area contributed by atoms with Gasteiger partial charge >= 0.3 is 0 Å². The predicted molar refractivity (Wildman–Crippen MR) is 135 cm³/mol. The molecule has 4 rings (SSSR count). The van der Waals surface area contributed by atoms with Gasteiger partial charge in [-0.2, -0.15) is 0 Å². The van der Waals surface area contributed by atoms with Crippen LogP contribution in [0, 0.1) is 5.82 Å². The average molecular weight is 476 g/mol. The Labute approximate surface area is 205 Å². The monoisotopic (exact) mass is 475 g/mol. The Morgan fingerprint density at radius 2 is 1.69 bits per heavy atom. The van der Waals surface area contributed by atoms with Crippen LogP contribution in [-0.4, -0.2) is 29.2 Å². The number of ether oxygens (including phenoxy) is 2. The van der Waals surface area contributed by atoms with Gasteiger partial charge in [0.2, 0.25) is 0 Å². The second kappa shape index (κ2) is 9.78. The number of ketones is 1. The van der Waals surface area contributed by atoms with E-state index in [1.165, 1.54) is 19.1 Å². The van der Waals surface area contributed by atoms with E-state index < -0.39 is 11.7 Å². The Bertz CT molecular complexity index is 1220. The summed E-state index contributed by atoms with van der Waals surface area (Å²) < 4.78 is 25.4. The summed E-state index contributed by atoms with van der Waals surface area (Å²) in [5.41, 5.74) is 2.03. The van der Waals surface area contributed by atoms with E-state index in [0.29, 0.717) is 17.3 Å². The van der Waals surface area contributed by atoms with Gasteiger partial charge in [-0.05, 0) is 56.7 Å². The molecule has 0 fully saturated rings. The number of methoxy groups -OCH3 is 1.